The van der Waals surface area contributed by atoms with Gasteiger partial charge in [0, 0.05) is 30.9 Å². The van der Waals surface area contributed by atoms with E-state index in [1.165, 1.54) is 126 Å². The summed E-state index contributed by atoms with van der Waals surface area (Å²) in [5, 5.41) is 29.0. The summed E-state index contributed by atoms with van der Waals surface area (Å²) in [5.41, 5.74) is 24.3. The molecule has 0 radical (unpaired) electrons. The summed E-state index contributed by atoms with van der Waals surface area (Å²) < 4.78 is 1.17. The zero-order valence-electron chi connectivity index (χ0n) is 50.2. The minimum Gasteiger partial charge on any atom is -0.423 e. The Morgan fingerprint density at radius 2 is 0.633 bits per heavy atom. The Morgan fingerprint density at radius 3 is 1.09 bits per heavy atom. The van der Waals surface area contributed by atoms with Crippen LogP contribution in [-0.4, -0.2) is 17.2 Å². The van der Waals surface area contributed by atoms with Crippen LogP contribution < -0.4 is 5.46 Å². The lowest BCUT2D eigenvalue weighted by Gasteiger charge is -2.46. The topological polar surface area (TPSA) is 40.5 Å². The summed E-state index contributed by atoms with van der Waals surface area (Å²) in [4.78, 5) is 0. The number of fused-ring (bicyclic) bond motifs is 24. The van der Waals surface area contributed by atoms with E-state index in [1.807, 2.05) is 48.5 Å². The van der Waals surface area contributed by atoms with E-state index in [-0.39, 0.29) is 21.7 Å². The standard InChI is InChI=1S/C42H29Cl.C28H21Br.C14H10BClO2/c1-41(2)35-13-5-7-15-37(35)42(38-16-8-6-14-36(38)41)34-12-4-3-10-33(34)40-32(11-9-17-39(40)42)27-20-22-30-26(24-27)18-19-28-25-29(43)21-23-31(28)30;1-27(2)20-12-5-7-14-22(20)28(23-15-8-6-13-21(23)27)19-11-4-3-10-18(19)26-24(28)16-9-17-25(26)29;16-12-4-6-14-10(8-12)2-1-9-7-11(15(17)18)3-5-13(9)14/h3-25H,1-2H3;3-17H,1-2H3;1-8,17-18H. The molecule has 4 aliphatic carbocycles. The van der Waals surface area contributed by atoms with Crippen molar-refractivity contribution in [1.29, 1.82) is 0 Å². The average Bonchev–Trinajstić information content (AvgIpc) is 1.43. The summed E-state index contributed by atoms with van der Waals surface area (Å²) in [7, 11) is -1.43. The molecule has 0 unspecified atom stereocenters. The Balaban J connectivity index is 0.000000119. The van der Waals surface area contributed by atoms with Gasteiger partial charge in [-0.15, -0.1) is 0 Å². The zero-order chi connectivity index (χ0) is 61.4. The van der Waals surface area contributed by atoms with Gasteiger partial charge < -0.3 is 10.0 Å². The Labute approximate surface area is 544 Å². The zero-order valence-corrected chi connectivity index (χ0v) is 53.3. The maximum Gasteiger partial charge on any atom is 0.488 e. The Morgan fingerprint density at radius 1 is 0.300 bits per heavy atom. The van der Waals surface area contributed by atoms with Gasteiger partial charge >= 0.3 is 7.12 Å². The van der Waals surface area contributed by atoms with Crippen molar-refractivity contribution in [2.24, 2.45) is 0 Å². The molecule has 14 aromatic carbocycles. The quantitative estimate of drug-likeness (QED) is 0.134. The summed E-state index contributed by atoms with van der Waals surface area (Å²) in [6.45, 7) is 9.48. The molecular weight excluding hydrogens is 1200 g/mol. The molecule has 0 amide bonds. The fourth-order valence-corrected chi connectivity index (χ4v) is 17.4. The molecule has 6 heteroatoms. The lowest BCUT2D eigenvalue weighted by atomic mass is 9.55. The van der Waals surface area contributed by atoms with Crippen LogP contribution in [0.2, 0.25) is 10.0 Å². The van der Waals surface area contributed by atoms with E-state index in [0.717, 1.165) is 26.6 Å². The van der Waals surface area contributed by atoms with E-state index < -0.39 is 7.12 Å². The van der Waals surface area contributed by atoms with E-state index in [0.29, 0.717) is 10.5 Å². The fourth-order valence-electron chi connectivity index (χ4n) is 16.4. The maximum atomic E-state index is 9.17. The first-order chi connectivity index (χ1) is 43.7. The third-order valence-electron chi connectivity index (χ3n) is 20.3. The van der Waals surface area contributed by atoms with Crippen molar-refractivity contribution < 1.29 is 10.0 Å². The molecule has 2 N–H and O–H groups in total. The molecule has 0 aromatic heterocycles. The van der Waals surface area contributed by atoms with Gasteiger partial charge in [-0.2, -0.15) is 0 Å². The highest BCUT2D eigenvalue weighted by Gasteiger charge is 2.55. The van der Waals surface area contributed by atoms with Crippen molar-refractivity contribution in [2.75, 3.05) is 0 Å². The van der Waals surface area contributed by atoms with Crippen LogP contribution in [-0.2, 0) is 21.7 Å². The molecule has 0 fully saturated rings. The molecule has 0 saturated heterocycles. The molecule has 90 heavy (non-hydrogen) atoms. The van der Waals surface area contributed by atoms with Crippen LogP contribution in [0.25, 0.3) is 76.5 Å². The lowest BCUT2D eigenvalue weighted by Crippen LogP contribution is -2.40. The first kappa shape index (κ1) is 56.4. The number of benzene rings is 14. The second kappa shape index (κ2) is 21.1. The number of rotatable bonds is 2. The van der Waals surface area contributed by atoms with Crippen LogP contribution in [0.15, 0.2) is 284 Å². The normalized spacial score (nSPS) is 14.9. The van der Waals surface area contributed by atoms with Gasteiger partial charge in [-0.25, -0.2) is 0 Å². The SMILES string of the molecule is CC1(C)c2ccccc2C2(c3ccccc3-c3c(-c4ccc5c(ccc6cc(Cl)ccc65)c4)cccc32)c2ccccc21.CC1(C)c2ccccc2C2(c3ccccc3-c3c(Br)cccc32)c2ccccc21.OB(O)c1ccc2c(ccc3cc(Cl)ccc32)c1. The molecule has 0 aliphatic heterocycles. The monoisotopic (exact) mass is 1260 g/mol. The molecule has 2 spiro atoms. The van der Waals surface area contributed by atoms with E-state index in [9.17, 15) is 10.0 Å². The van der Waals surface area contributed by atoms with E-state index >= 15 is 0 Å². The van der Waals surface area contributed by atoms with Gasteiger partial charge in [0.15, 0.2) is 0 Å². The van der Waals surface area contributed by atoms with Crippen molar-refractivity contribution in [2.45, 2.75) is 49.4 Å². The van der Waals surface area contributed by atoms with Crippen molar-refractivity contribution in [3.05, 3.63) is 360 Å². The minimum absolute atomic E-state index is 0.0395. The van der Waals surface area contributed by atoms with E-state index in [1.54, 1.807) is 12.1 Å². The Bertz CT molecular complexity index is 5210. The van der Waals surface area contributed by atoms with Gasteiger partial charge in [-0.1, -0.05) is 309 Å². The Kier molecular flexibility index (Phi) is 13.2. The van der Waals surface area contributed by atoms with Gasteiger partial charge in [-0.3, -0.25) is 0 Å². The number of hydrogen-bond donors (Lipinski definition) is 2. The number of hydrogen-bond acceptors (Lipinski definition) is 2. The summed E-state index contributed by atoms with van der Waals surface area (Å²) in [5.74, 6) is 0. The Hall–Kier alpha value is -8.84. The highest BCUT2D eigenvalue weighted by atomic mass is 79.9. The fraction of sp³-hybridized carbons (Fsp3) is 0.0952. The van der Waals surface area contributed by atoms with E-state index in [2.05, 4.69) is 262 Å². The largest absolute Gasteiger partial charge is 0.488 e. The molecule has 0 saturated carbocycles. The summed E-state index contributed by atoms with van der Waals surface area (Å²) in [6.07, 6.45) is 0. The first-order valence-electron chi connectivity index (χ1n) is 30.8. The molecule has 0 atom stereocenters. The summed E-state index contributed by atoms with van der Waals surface area (Å²) in [6, 6.07) is 101. The van der Waals surface area contributed by atoms with Crippen molar-refractivity contribution in [3.63, 3.8) is 0 Å². The molecule has 18 rings (SSSR count). The molecular formula is C84H60BBrCl2O2. The molecule has 432 valence electrons. The van der Waals surface area contributed by atoms with Crippen LogP contribution in [0.1, 0.15) is 94.5 Å². The van der Waals surface area contributed by atoms with Crippen molar-refractivity contribution >= 4 is 94.8 Å². The van der Waals surface area contributed by atoms with Crippen LogP contribution in [0, 0.1) is 0 Å². The van der Waals surface area contributed by atoms with Crippen molar-refractivity contribution in [1.82, 2.24) is 0 Å². The van der Waals surface area contributed by atoms with Gasteiger partial charge in [-0.05, 0) is 180 Å². The molecule has 14 aromatic rings. The second-order valence-electron chi connectivity index (χ2n) is 25.6. The van der Waals surface area contributed by atoms with Gasteiger partial charge in [0.05, 0.1) is 10.8 Å². The highest BCUT2D eigenvalue weighted by molar-refractivity contribution is 9.10. The third kappa shape index (κ3) is 8.18. The van der Waals surface area contributed by atoms with Gasteiger partial charge in [0.1, 0.15) is 0 Å². The van der Waals surface area contributed by atoms with Crippen LogP contribution in [0.4, 0.5) is 0 Å². The average molecular weight is 1260 g/mol. The summed E-state index contributed by atoms with van der Waals surface area (Å²) >= 11 is 16.2. The predicted molar refractivity (Wildman–Crippen MR) is 381 cm³/mol. The third-order valence-corrected chi connectivity index (χ3v) is 21.5. The molecule has 0 bridgehead atoms. The minimum atomic E-state index is -1.43. The molecule has 0 heterocycles. The lowest BCUT2D eigenvalue weighted by molar-refractivity contribution is 0.426. The molecule has 4 aliphatic rings. The predicted octanol–water partition coefficient (Wildman–Crippen LogP) is 21.1. The maximum absolute atomic E-state index is 9.17. The van der Waals surface area contributed by atoms with Gasteiger partial charge in [0.2, 0.25) is 0 Å². The molecule has 2 nitrogen and oxygen atoms in total. The smallest absolute Gasteiger partial charge is 0.423 e. The van der Waals surface area contributed by atoms with Crippen LogP contribution >= 0.6 is 39.1 Å². The van der Waals surface area contributed by atoms with Crippen LogP contribution in [0.3, 0.4) is 0 Å². The number of halogens is 3. The van der Waals surface area contributed by atoms with Crippen molar-refractivity contribution in [3.8, 4) is 33.4 Å². The first-order valence-corrected chi connectivity index (χ1v) is 32.4. The highest BCUT2D eigenvalue weighted by Crippen LogP contribution is 2.65. The van der Waals surface area contributed by atoms with E-state index in [4.69, 9.17) is 23.2 Å². The van der Waals surface area contributed by atoms with Gasteiger partial charge in [0.25, 0.3) is 0 Å². The second-order valence-corrected chi connectivity index (χ2v) is 27.3. The van der Waals surface area contributed by atoms with Crippen LogP contribution in [0.5, 0.6) is 0 Å².